The average Bonchev–Trinajstić information content (AvgIpc) is 3.26. The van der Waals surface area contributed by atoms with Crippen LogP contribution in [0.4, 0.5) is 0 Å². The Kier molecular flexibility index (Phi) is 4.81. The van der Waals surface area contributed by atoms with Crippen LogP contribution >= 0.6 is 11.6 Å². The van der Waals surface area contributed by atoms with Crippen molar-refractivity contribution >= 4 is 17.5 Å². The van der Waals surface area contributed by atoms with Crippen LogP contribution in [0.25, 0.3) is 0 Å². The van der Waals surface area contributed by atoms with Crippen LogP contribution in [0.2, 0.25) is 0 Å². The average molecular weight is 307 g/mol. The molecule has 0 bridgehead atoms. The molecule has 3 rings (SSSR count). The van der Waals surface area contributed by atoms with Gasteiger partial charge in [0, 0.05) is 32.2 Å². The maximum Gasteiger partial charge on any atom is 0.237 e. The summed E-state index contributed by atoms with van der Waals surface area (Å²) in [6.45, 7) is 3.89. The van der Waals surface area contributed by atoms with Crippen molar-refractivity contribution in [3.63, 3.8) is 0 Å². The van der Waals surface area contributed by atoms with E-state index in [1.165, 1.54) is 18.4 Å². The van der Waals surface area contributed by atoms with E-state index in [9.17, 15) is 4.79 Å². The number of nitrogens with zero attached hydrogens (tertiary/aromatic N) is 2. The first-order valence-electron chi connectivity index (χ1n) is 7.88. The Labute approximate surface area is 131 Å². The predicted molar refractivity (Wildman–Crippen MR) is 85.3 cm³/mol. The molecule has 1 amide bonds. The molecule has 0 spiro atoms. The lowest BCUT2D eigenvalue weighted by Gasteiger charge is -2.25. The Bertz CT molecular complexity index is 475. The van der Waals surface area contributed by atoms with Crippen LogP contribution in [0, 0.1) is 5.92 Å². The number of alkyl halides is 1. The van der Waals surface area contributed by atoms with Gasteiger partial charge in [0.25, 0.3) is 0 Å². The van der Waals surface area contributed by atoms with Crippen molar-refractivity contribution in [2.45, 2.75) is 31.8 Å². The highest BCUT2D eigenvalue weighted by Gasteiger charge is 2.33. The topological polar surface area (TPSA) is 23.6 Å². The zero-order chi connectivity index (χ0) is 14.7. The molecule has 1 aromatic carbocycles. The number of hydrogen-bond acceptors (Lipinski definition) is 2. The fourth-order valence-electron chi connectivity index (χ4n) is 3.22. The van der Waals surface area contributed by atoms with E-state index in [2.05, 4.69) is 35.2 Å². The quantitative estimate of drug-likeness (QED) is 0.755. The molecule has 0 aromatic heterocycles. The normalized spacial score (nSPS) is 22.0. The first kappa shape index (κ1) is 14.9. The van der Waals surface area contributed by atoms with Crippen LogP contribution in [0.15, 0.2) is 30.3 Å². The highest BCUT2D eigenvalue weighted by Crippen LogP contribution is 2.30. The molecule has 1 atom stereocenters. The van der Waals surface area contributed by atoms with Gasteiger partial charge in [-0.15, -0.1) is 11.6 Å². The van der Waals surface area contributed by atoms with Gasteiger partial charge in [0.05, 0.1) is 0 Å². The van der Waals surface area contributed by atoms with Gasteiger partial charge >= 0.3 is 0 Å². The third-order valence-electron chi connectivity index (χ3n) is 4.54. The summed E-state index contributed by atoms with van der Waals surface area (Å²) in [5.41, 5.74) is 1.39. The molecule has 1 saturated carbocycles. The predicted octanol–water partition coefficient (Wildman–Crippen LogP) is 2.74. The van der Waals surface area contributed by atoms with Gasteiger partial charge in [-0.05, 0) is 30.7 Å². The molecule has 1 aromatic rings. The fourth-order valence-corrected chi connectivity index (χ4v) is 3.39. The van der Waals surface area contributed by atoms with Gasteiger partial charge < -0.3 is 4.90 Å². The molecule has 0 radical (unpaired) electrons. The molecular weight excluding hydrogens is 284 g/mol. The molecule has 3 nitrogen and oxygen atoms in total. The molecule has 2 fully saturated rings. The number of carbonyl (C=O) groups excluding carboxylic acids is 1. The minimum atomic E-state index is 0.0835. The zero-order valence-corrected chi connectivity index (χ0v) is 13.1. The highest BCUT2D eigenvalue weighted by molar-refractivity contribution is 6.27. The third kappa shape index (κ3) is 3.98. The van der Waals surface area contributed by atoms with Gasteiger partial charge in [0.1, 0.15) is 5.88 Å². The Balaban J connectivity index is 1.55. The van der Waals surface area contributed by atoms with Crippen molar-refractivity contribution in [2.24, 2.45) is 5.92 Å². The third-order valence-corrected chi connectivity index (χ3v) is 4.77. The van der Waals surface area contributed by atoms with Gasteiger partial charge in [0.2, 0.25) is 5.91 Å². The number of likely N-dealkylation sites (tertiary alicyclic amines) is 1. The van der Waals surface area contributed by atoms with Gasteiger partial charge in [-0.2, -0.15) is 0 Å². The summed E-state index contributed by atoms with van der Waals surface area (Å²) in [4.78, 5) is 16.2. The van der Waals surface area contributed by atoms with Crippen molar-refractivity contribution in [2.75, 3.05) is 25.5 Å². The van der Waals surface area contributed by atoms with Crippen LogP contribution in [0.1, 0.15) is 24.8 Å². The Morgan fingerprint density at radius 3 is 2.67 bits per heavy atom. The number of rotatable bonds is 6. The van der Waals surface area contributed by atoms with E-state index in [-0.39, 0.29) is 11.8 Å². The van der Waals surface area contributed by atoms with Crippen molar-refractivity contribution in [3.05, 3.63) is 35.9 Å². The molecule has 4 heteroatoms. The van der Waals surface area contributed by atoms with Gasteiger partial charge in [0.15, 0.2) is 0 Å². The Hall–Kier alpha value is -1.06. The summed E-state index contributed by atoms with van der Waals surface area (Å²) in [6.07, 6.45) is 3.76. The van der Waals surface area contributed by atoms with E-state index in [1.54, 1.807) is 0 Å². The van der Waals surface area contributed by atoms with E-state index in [1.807, 2.05) is 4.90 Å². The molecule has 1 aliphatic carbocycles. The number of halogens is 1. The van der Waals surface area contributed by atoms with E-state index in [4.69, 9.17) is 11.6 Å². The second kappa shape index (κ2) is 6.80. The largest absolute Gasteiger partial charge is 0.341 e. The maximum atomic E-state index is 11.7. The van der Waals surface area contributed by atoms with Crippen LogP contribution in [-0.4, -0.2) is 47.3 Å². The summed E-state index contributed by atoms with van der Waals surface area (Å²) in [6, 6.07) is 11.4. The number of carbonyl (C=O) groups is 1. The van der Waals surface area contributed by atoms with Crippen LogP contribution in [0.3, 0.4) is 0 Å². The monoisotopic (exact) mass is 306 g/mol. The highest BCUT2D eigenvalue weighted by atomic mass is 35.5. The lowest BCUT2D eigenvalue weighted by atomic mass is 10.1. The SMILES string of the molecule is O=C(CCl)N1CC[C@H](CN(Cc2ccccc2)C2CC2)C1. The first-order chi connectivity index (χ1) is 10.3. The summed E-state index contributed by atoms with van der Waals surface area (Å²) in [7, 11) is 0. The molecule has 21 heavy (non-hydrogen) atoms. The van der Waals surface area contributed by atoms with E-state index >= 15 is 0 Å². The van der Waals surface area contributed by atoms with Gasteiger partial charge in [-0.25, -0.2) is 0 Å². The standard InChI is InChI=1S/C17H23ClN2O/c18-10-17(21)19-9-8-15(12-19)13-20(16-6-7-16)11-14-4-2-1-3-5-14/h1-5,15-16H,6-13H2/t15-/m0/s1. The molecule has 0 N–H and O–H groups in total. The van der Waals surface area contributed by atoms with Crippen LogP contribution in [-0.2, 0) is 11.3 Å². The van der Waals surface area contributed by atoms with E-state index in [0.29, 0.717) is 5.92 Å². The molecule has 1 saturated heterocycles. The van der Waals surface area contributed by atoms with E-state index in [0.717, 1.165) is 38.6 Å². The van der Waals surface area contributed by atoms with E-state index < -0.39 is 0 Å². The van der Waals surface area contributed by atoms with Crippen LogP contribution < -0.4 is 0 Å². The second-order valence-corrected chi connectivity index (χ2v) is 6.54. The minimum Gasteiger partial charge on any atom is -0.341 e. The lowest BCUT2D eigenvalue weighted by Crippen LogP contribution is -2.34. The molecular formula is C17H23ClN2O. The summed E-state index contributed by atoms with van der Waals surface area (Å²) < 4.78 is 0. The Morgan fingerprint density at radius 1 is 1.24 bits per heavy atom. The molecule has 2 aliphatic rings. The van der Waals surface area contributed by atoms with Gasteiger partial charge in [-0.3, -0.25) is 9.69 Å². The fraction of sp³-hybridized carbons (Fsp3) is 0.588. The molecule has 0 unspecified atom stereocenters. The van der Waals surface area contributed by atoms with Crippen molar-refractivity contribution in [3.8, 4) is 0 Å². The lowest BCUT2D eigenvalue weighted by molar-refractivity contribution is -0.127. The first-order valence-corrected chi connectivity index (χ1v) is 8.41. The Morgan fingerprint density at radius 2 is 2.00 bits per heavy atom. The maximum absolute atomic E-state index is 11.7. The summed E-state index contributed by atoms with van der Waals surface area (Å²) in [5, 5.41) is 0. The number of benzene rings is 1. The van der Waals surface area contributed by atoms with Gasteiger partial charge in [-0.1, -0.05) is 30.3 Å². The second-order valence-electron chi connectivity index (χ2n) is 6.27. The number of amides is 1. The van der Waals surface area contributed by atoms with Crippen molar-refractivity contribution < 1.29 is 4.79 Å². The summed E-state index contributed by atoms with van der Waals surface area (Å²) in [5.74, 6) is 0.796. The number of hydrogen-bond donors (Lipinski definition) is 0. The smallest absolute Gasteiger partial charge is 0.237 e. The van der Waals surface area contributed by atoms with Crippen molar-refractivity contribution in [1.29, 1.82) is 0 Å². The molecule has 114 valence electrons. The molecule has 1 aliphatic heterocycles. The zero-order valence-electron chi connectivity index (χ0n) is 12.4. The van der Waals surface area contributed by atoms with Crippen LogP contribution in [0.5, 0.6) is 0 Å². The molecule has 1 heterocycles. The summed E-state index contributed by atoms with van der Waals surface area (Å²) >= 11 is 5.65. The van der Waals surface area contributed by atoms with Crippen molar-refractivity contribution in [1.82, 2.24) is 9.80 Å². The minimum absolute atomic E-state index is 0.0835.